The molecule has 0 aliphatic carbocycles. The summed E-state index contributed by atoms with van der Waals surface area (Å²) in [5, 5.41) is 18.9. The molecule has 0 spiro atoms. The minimum Gasteiger partial charge on any atom is -0.361 e. The molecule has 24 heavy (non-hydrogen) atoms. The van der Waals surface area contributed by atoms with E-state index in [0.29, 0.717) is 23.8 Å². The van der Waals surface area contributed by atoms with Gasteiger partial charge in [0, 0.05) is 26.3 Å². The Morgan fingerprint density at radius 3 is 2.67 bits per heavy atom. The van der Waals surface area contributed by atoms with E-state index in [9.17, 15) is 14.5 Å². The van der Waals surface area contributed by atoms with Crippen molar-refractivity contribution in [3.63, 3.8) is 0 Å². The van der Waals surface area contributed by atoms with E-state index in [1.165, 1.54) is 6.07 Å². The molecule has 0 saturated carbocycles. The molecular formula is C15H21FN4O3Si. The highest BCUT2D eigenvalue weighted by atomic mass is 28.3. The van der Waals surface area contributed by atoms with Crippen LogP contribution in [0.15, 0.2) is 18.2 Å². The molecule has 0 radical (unpaired) electrons. The lowest BCUT2D eigenvalue weighted by molar-refractivity contribution is -0.387. The van der Waals surface area contributed by atoms with Gasteiger partial charge in [-0.2, -0.15) is 4.39 Å². The van der Waals surface area contributed by atoms with E-state index in [-0.39, 0.29) is 6.73 Å². The third kappa shape index (κ3) is 4.45. The number of nitro groups is 1. The Morgan fingerprint density at radius 1 is 1.33 bits per heavy atom. The topological polar surface area (TPSA) is 83.1 Å². The Bertz CT molecular complexity index is 743. The monoisotopic (exact) mass is 352 g/mol. The zero-order valence-electron chi connectivity index (χ0n) is 14.2. The number of rotatable bonds is 7. The predicted molar refractivity (Wildman–Crippen MR) is 90.9 cm³/mol. The highest BCUT2D eigenvalue weighted by molar-refractivity contribution is 6.76. The van der Waals surface area contributed by atoms with E-state index >= 15 is 0 Å². The van der Waals surface area contributed by atoms with Crippen LogP contribution in [0.1, 0.15) is 5.82 Å². The van der Waals surface area contributed by atoms with Gasteiger partial charge < -0.3 is 4.74 Å². The summed E-state index contributed by atoms with van der Waals surface area (Å²) in [5.74, 6) is 0.173. The first kappa shape index (κ1) is 18.2. The first-order valence-corrected chi connectivity index (χ1v) is 11.3. The Hall–Kier alpha value is -2.13. The minimum atomic E-state index is -1.18. The van der Waals surface area contributed by atoms with Crippen LogP contribution in [0, 0.1) is 22.9 Å². The fourth-order valence-electron chi connectivity index (χ4n) is 2.07. The second-order valence-electron chi connectivity index (χ2n) is 6.77. The molecule has 2 rings (SSSR count). The fraction of sp³-hybridized carbons (Fsp3) is 0.467. The van der Waals surface area contributed by atoms with Crippen LogP contribution in [0.4, 0.5) is 10.1 Å². The van der Waals surface area contributed by atoms with Crippen molar-refractivity contribution in [3.05, 3.63) is 40.0 Å². The van der Waals surface area contributed by atoms with Crippen molar-refractivity contribution in [1.29, 1.82) is 0 Å². The van der Waals surface area contributed by atoms with Gasteiger partial charge in [-0.15, -0.1) is 10.2 Å². The normalized spacial score (nSPS) is 11.7. The summed E-state index contributed by atoms with van der Waals surface area (Å²) in [7, 11) is -1.18. The molecule has 0 unspecified atom stereocenters. The fourth-order valence-corrected chi connectivity index (χ4v) is 2.83. The maximum atomic E-state index is 13.5. The largest absolute Gasteiger partial charge is 0.361 e. The standard InChI is InChI=1S/C15H21FN4O3Si/c1-11-17-18-15(19(11)10-23-7-8-24(2,3)4)12-5-6-13(16)14(9-12)20(21)22/h5-6,9H,7-8,10H2,1-4H3. The Labute approximate surface area is 140 Å². The summed E-state index contributed by atoms with van der Waals surface area (Å²) < 4.78 is 20.9. The van der Waals surface area contributed by atoms with Gasteiger partial charge in [-0.05, 0) is 25.1 Å². The second-order valence-corrected chi connectivity index (χ2v) is 12.4. The average Bonchev–Trinajstić information content (AvgIpc) is 2.84. The number of benzene rings is 1. The number of aryl methyl sites for hydroxylation is 1. The van der Waals surface area contributed by atoms with Crippen molar-refractivity contribution in [2.24, 2.45) is 0 Å². The number of halogens is 1. The molecule has 0 bridgehead atoms. The van der Waals surface area contributed by atoms with Crippen molar-refractivity contribution in [3.8, 4) is 11.4 Å². The summed E-state index contributed by atoms with van der Waals surface area (Å²) in [4.78, 5) is 10.1. The van der Waals surface area contributed by atoms with E-state index < -0.39 is 24.5 Å². The first-order chi connectivity index (χ1) is 11.2. The van der Waals surface area contributed by atoms with Gasteiger partial charge in [-0.1, -0.05) is 19.6 Å². The highest BCUT2D eigenvalue weighted by Crippen LogP contribution is 2.25. The summed E-state index contributed by atoms with van der Waals surface area (Å²) >= 11 is 0. The van der Waals surface area contributed by atoms with Crippen LogP contribution in [0.2, 0.25) is 25.7 Å². The molecule has 1 aromatic carbocycles. The van der Waals surface area contributed by atoms with Crippen LogP contribution >= 0.6 is 0 Å². The molecule has 7 nitrogen and oxygen atoms in total. The van der Waals surface area contributed by atoms with Crippen LogP contribution in [-0.4, -0.2) is 34.4 Å². The van der Waals surface area contributed by atoms with Crippen molar-refractivity contribution >= 4 is 13.8 Å². The summed E-state index contributed by atoms with van der Waals surface area (Å²) in [5.41, 5.74) is -0.156. The van der Waals surface area contributed by atoms with Crippen molar-refractivity contribution in [2.45, 2.75) is 39.3 Å². The predicted octanol–water partition coefficient (Wildman–Crippen LogP) is 3.61. The van der Waals surface area contributed by atoms with Gasteiger partial charge in [-0.25, -0.2) is 0 Å². The molecule has 9 heteroatoms. The lowest BCUT2D eigenvalue weighted by Crippen LogP contribution is -2.22. The lowest BCUT2D eigenvalue weighted by atomic mass is 10.2. The zero-order chi connectivity index (χ0) is 17.9. The molecule has 130 valence electrons. The SMILES string of the molecule is Cc1nnc(-c2ccc(F)c([N+](=O)[O-])c2)n1COCC[Si](C)(C)C. The summed E-state index contributed by atoms with van der Waals surface area (Å²) in [6.07, 6.45) is 0. The molecule has 1 heterocycles. The smallest absolute Gasteiger partial charge is 0.305 e. The Morgan fingerprint density at radius 2 is 2.04 bits per heavy atom. The number of hydrogen-bond acceptors (Lipinski definition) is 5. The van der Waals surface area contributed by atoms with E-state index in [1.807, 2.05) is 0 Å². The average molecular weight is 352 g/mol. The van der Waals surface area contributed by atoms with E-state index in [4.69, 9.17) is 4.74 Å². The lowest BCUT2D eigenvalue weighted by Gasteiger charge is -2.16. The maximum Gasteiger partial charge on any atom is 0.305 e. The number of aromatic nitrogens is 3. The van der Waals surface area contributed by atoms with Crippen LogP contribution in [0.3, 0.4) is 0 Å². The van der Waals surface area contributed by atoms with Crippen LogP contribution in [0.5, 0.6) is 0 Å². The van der Waals surface area contributed by atoms with Gasteiger partial charge in [0.05, 0.1) is 4.92 Å². The molecule has 0 saturated heterocycles. The van der Waals surface area contributed by atoms with E-state index in [0.717, 1.165) is 18.2 Å². The molecule has 2 aromatic rings. The molecule has 0 fully saturated rings. The molecular weight excluding hydrogens is 331 g/mol. The van der Waals surface area contributed by atoms with Gasteiger partial charge >= 0.3 is 5.69 Å². The minimum absolute atomic E-state index is 0.254. The second kappa shape index (κ2) is 7.18. The maximum absolute atomic E-state index is 13.5. The number of hydrogen-bond donors (Lipinski definition) is 0. The molecule has 0 N–H and O–H groups in total. The van der Waals surface area contributed by atoms with Crippen molar-refractivity contribution < 1.29 is 14.1 Å². The van der Waals surface area contributed by atoms with E-state index in [2.05, 4.69) is 29.8 Å². The van der Waals surface area contributed by atoms with Gasteiger partial charge in [0.15, 0.2) is 5.82 Å². The summed E-state index contributed by atoms with van der Waals surface area (Å²) in [6.45, 7) is 9.47. The Kier molecular flexibility index (Phi) is 5.45. The van der Waals surface area contributed by atoms with Gasteiger partial charge in [0.25, 0.3) is 0 Å². The van der Waals surface area contributed by atoms with Crippen molar-refractivity contribution in [2.75, 3.05) is 6.61 Å². The molecule has 0 aliphatic heterocycles. The molecule has 1 aromatic heterocycles. The first-order valence-electron chi connectivity index (χ1n) is 7.61. The van der Waals surface area contributed by atoms with E-state index in [1.54, 1.807) is 11.5 Å². The third-order valence-corrected chi connectivity index (χ3v) is 5.26. The number of ether oxygens (including phenoxy) is 1. The van der Waals surface area contributed by atoms with Gasteiger partial charge in [0.1, 0.15) is 12.6 Å². The quantitative estimate of drug-likeness (QED) is 0.329. The van der Waals surface area contributed by atoms with Gasteiger partial charge in [-0.3, -0.25) is 14.7 Å². The van der Waals surface area contributed by atoms with Crippen LogP contribution in [-0.2, 0) is 11.5 Å². The van der Waals surface area contributed by atoms with Gasteiger partial charge in [0.2, 0.25) is 5.82 Å². The Balaban J connectivity index is 2.21. The van der Waals surface area contributed by atoms with Crippen molar-refractivity contribution in [1.82, 2.24) is 14.8 Å². The molecule has 0 atom stereocenters. The zero-order valence-corrected chi connectivity index (χ0v) is 15.2. The third-order valence-electron chi connectivity index (χ3n) is 3.55. The number of nitrogens with zero attached hydrogens (tertiary/aromatic N) is 4. The van der Waals surface area contributed by atoms with Crippen LogP contribution < -0.4 is 0 Å². The summed E-state index contributed by atoms with van der Waals surface area (Å²) in [6, 6.07) is 4.71. The number of nitro benzene ring substituents is 1. The highest BCUT2D eigenvalue weighted by Gasteiger charge is 2.19. The molecule has 0 amide bonds. The van der Waals surface area contributed by atoms with Crippen LogP contribution in [0.25, 0.3) is 11.4 Å². The molecule has 0 aliphatic rings.